The molecule has 42 heavy (non-hydrogen) atoms. The van der Waals surface area contributed by atoms with E-state index in [4.69, 9.17) is 15.5 Å². The Morgan fingerprint density at radius 3 is 2.60 bits per heavy atom. The molecule has 0 saturated carbocycles. The predicted octanol–water partition coefficient (Wildman–Crippen LogP) is 3.80. The number of hydrogen-bond donors (Lipinski definition) is 2. The average Bonchev–Trinajstić information content (AvgIpc) is 3.68. The summed E-state index contributed by atoms with van der Waals surface area (Å²) >= 11 is 1.60. The molecule has 5 rings (SSSR count). The fourth-order valence-electron chi connectivity index (χ4n) is 6.00. The van der Waals surface area contributed by atoms with Crippen molar-refractivity contribution in [3.63, 3.8) is 0 Å². The predicted molar refractivity (Wildman–Crippen MR) is 170 cm³/mol. The van der Waals surface area contributed by atoms with Gasteiger partial charge in [-0.3, -0.25) is 9.59 Å². The number of ether oxygens (including phenoxy) is 1. The first-order valence-electron chi connectivity index (χ1n) is 15.1. The topological polar surface area (TPSA) is 103 Å². The number of carbonyl (C=O) groups is 2. The number of amidine groups is 1. The van der Waals surface area contributed by atoms with Gasteiger partial charge in [-0.2, -0.15) is 0 Å². The number of hydrogen-bond acceptors (Lipinski definition) is 8. The molecular weight excluding hydrogens is 572 g/mol. The van der Waals surface area contributed by atoms with Gasteiger partial charge in [0, 0.05) is 18.0 Å². The van der Waals surface area contributed by atoms with Crippen molar-refractivity contribution in [3.05, 3.63) is 58.3 Å². The summed E-state index contributed by atoms with van der Waals surface area (Å²) < 4.78 is 6.32. The number of amides is 2. The number of unbranched alkanes of at least 4 members (excludes halogenated alkanes) is 1. The molecule has 0 spiro atoms. The van der Waals surface area contributed by atoms with Crippen LogP contribution in [-0.4, -0.2) is 89.9 Å². The highest BCUT2D eigenvalue weighted by Gasteiger charge is 2.40. The van der Waals surface area contributed by atoms with E-state index in [9.17, 15) is 9.59 Å². The third-order valence-electron chi connectivity index (χ3n) is 8.37. The molecule has 2 aromatic rings. The Morgan fingerprint density at radius 2 is 1.86 bits per heavy atom. The van der Waals surface area contributed by atoms with Crippen molar-refractivity contribution in [1.82, 2.24) is 20.0 Å². The fourth-order valence-corrected chi connectivity index (χ4v) is 6.64. The highest BCUT2D eigenvalue weighted by Crippen LogP contribution is 2.30. The first-order valence-corrected chi connectivity index (χ1v) is 16.0. The zero-order valence-corrected chi connectivity index (χ0v) is 26.2. The third kappa shape index (κ3) is 8.24. The molecule has 1 aromatic heterocycles. The van der Waals surface area contributed by atoms with Crippen molar-refractivity contribution in [2.45, 2.75) is 76.2 Å². The van der Waals surface area contributed by atoms with Crippen molar-refractivity contribution in [2.24, 2.45) is 10.7 Å². The van der Waals surface area contributed by atoms with Crippen molar-refractivity contribution < 1.29 is 14.3 Å². The molecule has 2 fully saturated rings. The fraction of sp³-hybridized carbons (Fsp3) is 0.581. The van der Waals surface area contributed by atoms with E-state index in [-0.39, 0.29) is 36.4 Å². The summed E-state index contributed by atoms with van der Waals surface area (Å²) in [6, 6.07) is 13.2. The lowest BCUT2D eigenvalue weighted by Gasteiger charge is -2.41. The molecule has 0 radical (unpaired) electrons. The average molecular weight is 617 g/mol. The number of likely N-dealkylation sites (tertiary alicyclic amines) is 1. The Bertz CT molecular complexity index is 1160. The Hall–Kier alpha value is -2.66. The lowest BCUT2D eigenvalue weighted by molar-refractivity contribution is -0.144. The SMILES string of the molecule is C[C@@H]1N=C(N2CCN(C(=O)C(N)CCCCN3CCCCC3)[C@H](C(=O)NCc3cccs3)C2)O[C@H]1c1ccccc1.Cl. The quantitative estimate of drug-likeness (QED) is 0.394. The van der Waals surface area contributed by atoms with Crippen LogP contribution < -0.4 is 11.1 Å². The summed E-state index contributed by atoms with van der Waals surface area (Å²) in [6.07, 6.45) is 6.29. The standard InChI is InChI=1S/C31H44N6O3S.ClH/c1-23-28(24-11-4-2-5-12-24)40-31(34-23)36-18-19-37(27(22-36)29(38)33-21-25-13-10-20-41-25)30(39)26(32)14-6-9-17-35-15-7-3-8-16-35;/h2,4-5,10-13,20,23,26-28H,3,6-9,14-19,21-22,32H2,1H3,(H,33,38);1H/t23-,26?,27-,28+;/m0./s1. The number of nitrogens with zero attached hydrogens (tertiary/aromatic N) is 4. The number of aliphatic imine (C=N–C) groups is 1. The lowest BCUT2D eigenvalue weighted by atomic mass is 10.0. The molecule has 230 valence electrons. The van der Waals surface area contributed by atoms with Crippen LogP contribution in [0.5, 0.6) is 0 Å². The molecule has 1 aromatic carbocycles. The minimum absolute atomic E-state index is 0. The van der Waals surface area contributed by atoms with Crippen LogP contribution in [0.3, 0.4) is 0 Å². The number of halogens is 1. The molecular formula is C31H45ClN6O3S. The van der Waals surface area contributed by atoms with Crippen LogP contribution in [0.4, 0.5) is 0 Å². The summed E-state index contributed by atoms with van der Waals surface area (Å²) in [4.78, 5) is 39.2. The Balaban J connectivity index is 0.00000405. The van der Waals surface area contributed by atoms with Gasteiger partial charge in [0.25, 0.3) is 6.02 Å². The zero-order valence-electron chi connectivity index (χ0n) is 24.5. The normalized spacial score (nSPS) is 23.5. The summed E-state index contributed by atoms with van der Waals surface area (Å²) in [6.45, 7) is 7.14. The van der Waals surface area contributed by atoms with E-state index in [1.165, 1.54) is 32.4 Å². The third-order valence-corrected chi connectivity index (χ3v) is 9.25. The lowest BCUT2D eigenvalue weighted by Crippen LogP contribution is -2.63. The maximum Gasteiger partial charge on any atom is 0.288 e. The van der Waals surface area contributed by atoms with Crippen molar-refractivity contribution in [1.29, 1.82) is 0 Å². The van der Waals surface area contributed by atoms with E-state index in [0.29, 0.717) is 38.6 Å². The highest BCUT2D eigenvalue weighted by molar-refractivity contribution is 7.09. The van der Waals surface area contributed by atoms with Crippen LogP contribution in [0.15, 0.2) is 52.8 Å². The molecule has 1 unspecified atom stereocenters. The maximum atomic E-state index is 13.6. The minimum atomic E-state index is -0.673. The Kier molecular flexibility index (Phi) is 12.1. The Morgan fingerprint density at radius 1 is 1.07 bits per heavy atom. The van der Waals surface area contributed by atoms with Crippen LogP contribution in [0.25, 0.3) is 0 Å². The largest absolute Gasteiger partial charge is 0.455 e. The van der Waals surface area contributed by atoms with E-state index >= 15 is 0 Å². The molecule has 3 aliphatic heterocycles. The van der Waals surface area contributed by atoms with Gasteiger partial charge in [0.15, 0.2) is 0 Å². The van der Waals surface area contributed by atoms with Gasteiger partial charge in [-0.05, 0) is 69.3 Å². The molecule has 11 heteroatoms. The number of nitrogens with one attached hydrogen (secondary N) is 1. The molecule has 2 amide bonds. The second-order valence-electron chi connectivity index (χ2n) is 11.4. The Labute approximate surface area is 259 Å². The first-order chi connectivity index (χ1) is 20.0. The van der Waals surface area contributed by atoms with E-state index in [1.807, 2.05) is 59.7 Å². The second kappa shape index (κ2) is 15.7. The molecule has 3 N–H and O–H groups in total. The van der Waals surface area contributed by atoms with Crippen LogP contribution >= 0.6 is 23.7 Å². The number of nitrogens with two attached hydrogens (primary N) is 1. The van der Waals surface area contributed by atoms with Crippen molar-refractivity contribution in [3.8, 4) is 0 Å². The summed E-state index contributed by atoms with van der Waals surface area (Å²) in [5.41, 5.74) is 7.51. The van der Waals surface area contributed by atoms with Crippen molar-refractivity contribution >= 4 is 41.6 Å². The van der Waals surface area contributed by atoms with E-state index in [1.54, 1.807) is 16.2 Å². The molecule has 2 saturated heterocycles. The molecule has 9 nitrogen and oxygen atoms in total. The van der Waals surface area contributed by atoms with Crippen molar-refractivity contribution in [2.75, 3.05) is 39.3 Å². The number of carbonyl (C=O) groups excluding carboxylic acids is 2. The minimum Gasteiger partial charge on any atom is -0.455 e. The van der Waals surface area contributed by atoms with E-state index in [0.717, 1.165) is 29.8 Å². The van der Waals surface area contributed by atoms with Gasteiger partial charge in [0.2, 0.25) is 11.8 Å². The second-order valence-corrected chi connectivity index (χ2v) is 12.4. The van der Waals surface area contributed by atoms with Gasteiger partial charge in [-0.25, -0.2) is 4.99 Å². The summed E-state index contributed by atoms with van der Waals surface area (Å²) in [7, 11) is 0. The summed E-state index contributed by atoms with van der Waals surface area (Å²) in [5, 5.41) is 5.04. The van der Waals surface area contributed by atoms with Gasteiger partial charge >= 0.3 is 0 Å². The zero-order chi connectivity index (χ0) is 28.6. The van der Waals surface area contributed by atoms with E-state index in [2.05, 4.69) is 10.2 Å². The molecule has 0 aliphatic carbocycles. The molecule has 0 bridgehead atoms. The van der Waals surface area contributed by atoms with Crippen LogP contribution in [0.1, 0.15) is 62.0 Å². The number of thiophene rings is 1. The smallest absolute Gasteiger partial charge is 0.288 e. The van der Waals surface area contributed by atoms with Crippen LogP contribution in [0, 0.1) is 0 Å². The molecule has 4 atom stereocenters. The summed E-state index contributed by atoms with van der Waals surface area (Å²) in [5.74, 6) is -0.330. The number of rotatable bonds is 10. The van der Waals surface area contributed by atoms with Gasteiger partial charge in [-0.1, -0.05) is 49.2 Å². The van der Waals surface area contributed by atoms with Crippen LogP contribution in [0.2, 0.25) is 0 Å². The van der Waals surface area contributed by atoms with Gasteiger partial charge in [-0.15, -0.1) is 23.7 Å². The number of piperidine rings is 1. The van der Waals surface area contributed by atoms with Gasteiger partial charge in [0.05, 0.1) is 25.2 Å². The molecule has 3 aliphatic rings. The highest BCUT2D eigenvalue weighted by atomic mass is 35.5. The van der Waals surface area contributed by atoms with Gasteiger partial charge in [0.1, 0.15) is 12.1 Å². The maximum absolute atomic E-state index is 13.6. The van der Waals surface area contributed by atoms with E-state index < -0.39 is 12.1 Å². The first kappa shape index (κ1) is 32.3. The van der Waals surface area contributed by atoms with Crippen LogP contribution in [-0.2, 0) is 20.9 Å². The number of piperazine rings is 1. The monoisotopic (exact) mass is 616 g/mol. The number of benzene rings is 1. The van der Waals surface area contributed by atoms with Gasteiger partial charge < -0.3 is 30.5 Å². The molecule has 4 heterocycles.